The lowest BCUT2D eigenvalue weighted by atomic mass is 10.0. The van der Waals surface area contributed by atoms with Gasteiger partial charge < -0.3 is 20.1 Å². The molecular weight excluding hydrogens is 304 g/mol. The number of carbonyl (C=O) groups is 1. The number of rotatable bonds is 7. The molecule has 0 spiro atoms. The standard InChI is InChI=1S/C16H24N2O3.ClH/c1-20-10-11-21-14-7-5-13(6-8-14)12-18-16(19)15-4-2-3-9-17-15;/h5-8,15,17H,2-4,9-12H2,1H3,(H,18,19);1H. The van der Waals surface area contributed by atoms with Crippen LogP contribution in [0.5, 0.6) is 5.75 Å². The predicted octanol–water partition coefficient (Wildman–Crippen LogP) is 1.89. The highest BCUT2D eigenvalue weighted by Gasteiger charge is 2.19. The molecule has 124 valence electrons. The van der Waals surface area contributed by atoms with Crippen molar-refractivity contribution >= 4 is 18.3 Å². The van der Waals surface area contributed by atoms with E-state index < -0.39 is 0 Å². The molecule has 0 aliphatic carbocycles. The molecule has 1 amide bonds. The van der Waals surface area contributed by atoms with Crippen LogP contribution in [-0.2, 0) is 16.1 Å². The maximum atomic E-state index is 12.0. The van der Waals surface area contributed by atoms with E-state index in [1.807, 2.05) is 24.3 Å². The van der Waals surface area contributed by atoms with Crippen LogP contribution in [-0.4, -0.2) is 38.8 Å². The van der Waals surface area contributed by atoms with Gasteiger partial charge in [-0.1, -0.05) is 18.6 Å². The van der Waals surface area contributed by atoms with Crippen LogP contribution >= 0.6 is 12.4 Å². The fraction of sp³-hybridized carbons (Fsp3) is 0.562. The van der Waals surface area contributed by atoms with E-state index in [1.165, 1.54) is 0 Å². The Morgan fingerprint density at radius 1 is 1.27 bits per heavy atom. The number of methoxy groups -OCH3 is 1. The number of benzene rings is 1. The van der Waals surface area contributed by atoms with Crippen LogP contribution in [0.1, 0.15) is 24.8 Å². The van der Waals surface area contributed by atoms with Crippen molar-refractivity contribution in [2.45, 2.75) is 31.8 Å². The molecule has 0 aromatic heterocycles. The van der Waals surface area contributed by atoms with E-state index in [4.69, 9.17) is 9.47 Å². The zero-order chi connectivity index (χ0) is 14.9. The molecule has 6 heteroatoms. The minimum absolute atomic E-state index is 0. The summed E-state index contributed by atoms with van der Waals surface area (Å²) in [7, 11) is 1.65. The van der Waals surface area contributed by atoms with E-state index in [2.05, 4.69) is 10.6 Å². The second-order valence-electron chi connectivity index (χ2n) is 5.21. The minimum Gasteiger partial charge on any atom is -0.491 e. The number of carbonyl (C=O) groups excluding carboxylic acids is 1. The topological polar surface area (TPSA) is 59.6 Å². The Morgan fingerprint density at radius 3 is 2.68 bits per heavy atom. The third-order valence-electron chi connectivity index (χ3n) is 3.57. The third-order valence-corrected chi connectivity index (χ3v) is 3.57. The van der Waals surface area contributed by atoms with E-state index in [-0.39, 0.29) is 24.4 Å². The number of nitrogens with one attached hydrogen (secondary N) is 2. The molecule has 1 aliphatic rings. The van der Waals surface area contributed by atoms with Crippen LogP contribution in [0.2, 0.25) is 0 Å². The van der Waals surface area contributed by atoms with Crippen molar-refractivity contribution in [2.75, 3.05) is 26.9 Å². The first-order valence-corrected chi connectivity index (χ1v) is 7.51. The van der Waals surface area contributed by atoms with Crippen LogP contribution in [0, 0.1) is 0 Å². The normalized spacial score (nSPS) is 17.4. The third kappa shape index (κ3) is 6.22. The van der Waals surface area contributed by atoms with Crippen molar-refractivity contribution in [1.29, 1.82) is 0 Å². The minimum atomic E-state index is -0.0320. The Morgan fingerprint density at radius 2 is 2.05 bits per heavy atom. The molecule has 1 aromatic rings. The van der Waals surface area contributed by atoms with Crippen molar-refractivity contribution in [3.05, 3.63) is 29.8 Å². The van der Waals surface area contributed by atoms with Crippen LogP contribution in [0.4, 0.5) is 0 Å². The summed E-state index contributed by atoms with van der Waals surface area (Å²) in [5.74, 6) is 0.909. The summed E-state index contributed by atoms with van der Waals surface area (Å²) in [6.45, 7) is 2.60. The fourth-order valence-electron chi connectivity index (χ4n) is 2.33. The van der Waals surface area contributed by atoms with Crippen LogP contribution < -0.4 is 15.4 Å². The van der Waals surface area contributed by atoms with Gasteiger partial charge in [0.1, 0.15) is 12.4 Å². The van der Waals surface area contributed by atoms with Crippen LogP contribution in [0.25, 0.3) is 0 Å². The van der Waals surface area contributed by atoms with Gasteiger partial charge in [0.2, 0.25) is 5.91 Å². The number of hydrogen-bond donors (Lipinski definition) is 2. The summed E-state index contributed by atoms with van der Waals surface area (Å²) in [5.41, 5.74) is 1.07. The number of amides is 1. The quantitative estimate of drug-likeness (QED) is 0.750. The SMILES string of the molecule is COCCOc1ccc(CNC(=O)C2CCCCN2)cc1.Cl. The van der Waals surface area contributed by atoms with E-state index >= 15 is 0 Å². The van der Waals surface area contributed by atoms with Gasteiger partial charge >= 0.3 is 0 Å². The lowest BCUT2D eigenvalue weighted by Crippen LogP contribution is -2.46. The molecular formula is C16H25ClN2O3. The highest BCUT2D eigenvalue weighted by molar-refractivity contribution is 5.85. The zero-order valence-corrected chi connectivity index (χ0v) is 13.8. The molecule has 1 atom stereocenters. The molecule has 0 radical (unpaired) electrons. The zero-order valence-electron chi connectivity index (χ0n) is 13.0. The molecule has 1 saturated heterocycles. The van der Waals surface area contributed by atoms with Crippen molar-refractivity contribution in [3.63, 3.8) is 0 Å². The monoisotopic (exact) mass is 328 g/mol. The summed E-state index contributed by atoms with van der Waals surface area (Å²) >= 11 is 0. The van der Waals surface area contributed by atoms with Gasteiger partial charge in [0, 0.05) is 13.7 Å². The Balaban J connectivity index is 0.00000242. The second kappa shape index (κ2) is 10.4. The first-order valence-electron chi connectivity index (χ1n) is 7.51. The van der Waals surface area contributed by atoms with Gasteiger partial charge in [-0.05, 0) is 37.1 Å². The van der Waals surface area contributed by atoms with Gasteiger partial charge in [0.15, 0.2) is 0 Å². The van der Waals surface area contributed by atoms with Crippen molar-refractivity contribution in [1.82, 2.24) is 10.6 Å². The van der Waals surface area contributed by atoms with Gasteiger partial charge in [-0.15, -0.1) is 12.4 Å². The molecule has 0 saturated carbocycles. The van der Waals surface area contributed by atoms with Crippen molar-refractivity contribution < 1.29 is 14.3 Å². The molecule has 1 aliphatic heterocycles. The summed E-state index contributed by atoms with van der Waals surface area (Å²) in [6, 6.07) is 7.73. The maximum Gasteiger partial charge on any atom is 0.237 e. The Kier molecular flexibility index (Phi) is 8.89. The van der Waals surface area contributed by atoms with E-state index in [1.54, 1.807) is 7.11 Å². The highest BCUT2D eigenvalue weighted by Crippen LogP contribution is 2.12. The molecule has 22 heavy (non-hydrogen) atoms. The maximum absolute atomic E-state index is 12.0. The van der Waals surface area contributed by atoms with Crippen LogP contribution in [0.3, 0.4) is 0 Å². The Labute approximate surface area is 138 Å². The first kappa shape index (κ1) is 18.7. The summed E-state index contributed by atoms with van der Waals surface area (Å²) in [6.07, 6.45) is 3.21. The summed E-state index contributed by atoms with van der Waals surface area (Å²) in [4.78, 5) is 12.0. The molecule has 1 heterocycles. The largest absolute Gasteiger partial charge is 0.491 e. The molecule has 1 unspecified atom stereocenters. The highest BCUT2D eigenvalue weighted by atomic mass is 35.5. The molecule has 5 nitrogen and oxygen atoms in total. The van der Waals surface area contributed by atoms with E-state index in [0.717, 1.165) is 37.1 Å². The molecule has 0 bridgehead atoms. The van der Waals surface area contributed by atoms with Gasteiger partial charge in [-0.2, -0.15) is 0 Å². The average molecular weight is 329 g/mol. The van der Waals surface area contributed by atoms with Gasteiger partial charge in [0.05, 0.1) is 12.6 Å². The first-order chi connectivity index (χ1) is 10.3. The Hall–Kier alpha value is -1.30. The molecule has 2 N–H and O–H groups in total. The molecule has 1 aromatic carbocycles. The number of ether oxygens (including phenoxy) is 2. The summed E-state index contributed by atoms with van der Waals surface area (Å²) < 4.78 is 10.4. The average Bonchev–Trinajstić information content (AvgIpc) is 2.55. The fourth-order valence-corrected chi connectivity index (χ4v) is 2.33. The lowest BCUT2D eigenvalue weighted by Gasteiger charge is -2.22. The van der Waals surface area contributed by atoms with Crippen molar-refractivity contribution in [3.8, 4) is 5.75 Å². The summed E-state index contributed by atoms with van der Waals surface area (Å²) in [5, 5.41) is 6.23. The van der Waals surface area contributed by atoms with Gasteiger partial charge in [-0.3, -0.25) is 4.79 Å². The number of halogens is 1. The van der Waals surface area contributed by atoms with E-state index in [9.17, 15) is 4.79 Å². The van der Waals surface area contributed by atoms with Gasteiger partial charge in [0.25, 0.3) is 0 Å². The Bertz CT molecular complexity index is 434. The smallest absolute Gasteiger partial charge is 0.237 e. The van der Waals surface area contributed by atoms with Crippen LogP contribution in [0.15, 0.2) is 24.3 Å². The molecule has 2 rings (SSSR count). The van der Waals surface area contributed by atoms with Crippen molar-refractivity contribution in [2.24, 2.45) is 0 Å². The molecule has 1 fully saturated rings. The number of hydrogen-bond acceptors (Lipinski definition) is 4. The second-order valence-corrected chi connectivity index (χ2v) is 5.21. The van der Waals surface area contributed by atoms with Gasteiger partial charge in [-0.25, -0.2) is 0 Å². The predicted molar refractivity (Wildman–Crippen MR) is 88.5 cm³/mol. The number of piperidine rings is 1. The lowest BCUT2D eigenvalue weighted by molar-refractivity contribution is -0.123. The van der Waals surface area contributed by atoms with E-state index in [0.29, 0.717) is 19.8 Å².